The third-order valence-electron chi connectivity index (χ3n) is 11.5. The van der Waals surface area contributed by atoms with Crippen molar-refractivity contribution in [2.45, 2.75) is 50.6 Å². The maximum atomic E-state index is 11.2. The third kappa shape index (κ3) is 12.3. The van der Waals surface area contributed by atoms with E-state index in [9.17, 15) is 19.8 Å². The summed E-state index contributed by atoms with van der Waals surface area (Å²) in [6.45, 7) is 9.00. The molecule has 0 amide bonds. The number of carboxylic acids is 2. The molecule has 4 atom stereocenters. The molecule has 12 nitrogen and oxygen atoms in total. The zero-order valence-electron chi connectivity index (χ0n) is 36.5. The first kappa shape index (κ1) is 58.0. The first-order chi connectivity index (χ1) is 28.0. The Balaban J connectivity index is 0.000000585. The molecule has 4 aromatic carbocycles. The van der Waals surface area contributed by atoms with Gasteiger partial charge in [0.2, 0.25) is 0 Å². The van der Waals surface area contributed by atoms with Gasteiger partial charge in [-0.05, 0) is 114 Å². The van der Waals surface area contributed by atoms with Crippen LogP contribution < -0.4 is 18.9 Å². The molecular formula is C46H58Cl6N4O8. The largest absolute Gasteiger partial charge is 0.493 e. The van der Waals surface area contributed by atoms with E-state index in [1.807, 2.05) is 50.2 Å². The van der Waals surface area contributed by atoms with Gasteiger partial charge in [-0.1, -0.05) is 24.3 Å². The summed E-state index contributed by atoms with van der Waals surface area (Å²) in [6.07, 6.45) is 1.99. The highest BCUT2D eigenvalue weighted by atomic mass is 35.5. The second-order valence-corrected chi connectivity index (χ2v) is 15.2. The summed E-state index contributed by atoms with van der Waals surface area (Å²) in [7, 11) is 7.57. The van der Waals surface area contributed by atoms with E-state index in [4.69, 9.17) is 28.9 Å². The lowest BCUT2D eigenvalue weighted by atomic mass is 9.79. The minimum Gasteiger partial charge on any atom is -0.493 e. The predicted molar refractivity (Wildman–Crippen MR) is 267 cm³/mol. The Labute approximate surface area is 412 Å². The Bertz CT molecular complexity index is 2090. The van der Waals surface area contributed by atoms with Gasteiger partial charge in [-0.3, -0.25) is 9.98 Å². The lowest BCUT2D eigenvalue weighted by Gasteiger charge is -2.39. The van der Waals surface area contributed by atoms with E-state index in [1.165, 1.54) is 11.1 Å². The van der Waals surface area contributed by atoms with Crippen LogP contribution in [0, 0.1) is 0 Å². The highest BCUT2D eigenvalue weighted by Crippen LogP contribution is 2.44. The molecule has 0 aromatic heterocycles. The minimum absolute atomic E-state index is 0. The lowest BCUT2D eigenvalue weighted by molar-refractivity contribution is 0.0686. The molecule has 0 bridgehead atoms. The molecule has 0 saturated carbocycles. The molecule has 352 valence electrons. The average molecular weight is 1010 g/mol. The van der Waals surface area contributed by atoms with E-state index in [1.54, 1.807) is 38.5 Å². The summed E-state index contributed by atoms with van der Waals surface area (Å²) >= 11 is 0. The quantitative estimate of drug-likeness (QED) is 0.158. The van der Waals surface area contributed by atoms with Gasteiger partial charge in [-0.15, -0.1) is 74.4 Å². The van der Waals surface area contributed by atoms with Gasteiger partial charge in [0.1, 0.15) is 0 Å². The molecule has 0 aliphatic carbocycles. The molecule has 64 heavy (non-hydrogen) atoms. The zero-order valence-corrected chi connectivity index (χ0v) is 41.4. The van der Waals surface area contributed by atoms with Crippen molar-refractivity contribution in [2.24, 2.45) is 9.98 Å². The highest BCUT2D eigenvalue weighted by molar-refractivity contribution is 6.16. The monoisotopic (exact) mass is 1000 g/mol. The van der Waals surface area contributed by atoms with Crippen molar-refractivity contribution in [3.8, 4) is 23.0 Å². The number of rotatable bonds is 10. The number of piperidine rings is 2. The number of methoxy groups -OCH3 is 2. The molecule has 2 unspecified atom stereocenters. The van der Waals surface area contributed by atoms with Crippen LogP contribution in [0.25, 0.3) is 0 Å². The van der Waals surface area contributed by atoms with Gasteiger partial charge in [0.15, 0.2) is 23.0 Å². The number of fused-ring (bicyclic) bond motifs is 6. The number of hydrogen-bond acceptors (Lipinski definition) is 10. The van der Waals surface area contributed by atoms with Gasteiger partial charge in [-0.2, -0.15) is 0 Å². The normalized spacial score (nSPS) is 19.0. The van der Waals surface area contributed by atoms with E-state index >= 15 is 0 Å². The number of halogens is 6. The number of aromatic carboxylic acids is 2. The first-order valence-electron chi connectivity index (χ1n) is 19.9. The van der Waals surface area contributed by atoms with Crippen LogP contribution in [0.1, 0.15) is 92.6 Å². The van der Waals surface area contributed by atoms with Crippen LogP contribution in [0.4, 0.5) is 0 Å². The van der Waals surface area contributed by atoms with Crippen LogP contribution in [-0.2, 0) is 0 Å². The number of carbonyl (C=O) groups is 2. The van der Waals surface area contributed by atoms with Gasteiger partial charge in [-0.25, -0.2) is 9.59 Å². The van der Waals surface area contributed by atoms with Crippen molar-refractivity contribution in [1.82, 2.24) is 9.80 Å². The number of aliphatic imine (C=N–C) groups is 2. The van der Waals surface area contributed by atoms with E-state index in [2.05, 4.69) is 36.0 Å². The van der Waals surface area contributed by atoms with Crippen molar-refractivity contribution >= 4 is 97.8 Å². The number of benzene rings is 4. The Kier molecular flexibility index (Phi) is 23.3. The van der Waals surface area contributed by atoms with Crippen molar-refractivity contribution in [3.63, 3.8) is 0 Å². The Morgan fingerprint density at radius 2 is 0.922 bits per heavy atom. The van der Waals surface area contributed by atoms with E-state index in [0.717, 1.165) is 84.2 Å². The van der Waals surface area contributed by atoms with E-state index in [-0.39, 0.29) is 97.7 Å². The van der Waals surface area contributed by atoms with Crippen LogP contribution >= 0.6 is 74.4 Å². The minimum atomic E-state index is -0.930. The number of likely N-dealkylation sites (N-methyl/N-ethyl adjacent to an activating group) is 2. The zero-order chi connectivity index (χ0) is 41.1. The molecule has 4 aliphatic heterocycles. The van der Waals surface area contributed by atoms with Crippen molar-refractivity contribution in [1.29, 1.82) is 0 Å². The summed E-state index contributed by atoms with van der Waals surface area (Å²) in [4.78, 5) is 37.4. The van der Waals surface area contributed by atoms with E-state index in [0.29, 0.717) is 36.5 Å². The van der Waals surface area contributed by atoms with Crippen LogP contribution in [0.3, 0.4) is 0 Å². The maximum Gasteiger partial charge on any atom is 0.335 e. The first-order valence-corrected chi connectivity index (χ1v) is 19.9. The SMILES string of the molecule is CCOc1cc2c(cc1OC)C(c1ccc(C(=O)O)cc1)=NC1CCN(C)CC21.CCOc1cc2c(cc1OC)C(c1ccc(C(=O)O)cc1)=N[C@@H]1CCN(C)C[C@H]21.Cl.Cl.Cl.Cl.Cl.Cl. The fourth-order valence-electron chi connectivity index (χ4n) is 8.63. The molecule has 4 aromatic rings. The standard InChI is InChI=1S/2C23H26N2O4.6ClH/c2*1-4-29-21-11-16-17(12-20(21)28-3)22(14-5-7-15(8-6-14)23(26)27)24-19-9-10-25(2)13-18(16)19;;;;;;/h2*5-8,11-12,18-19H,4,9-10,13H2,1-3H3,(H,26,27);6*1H/t18-,19-;;;;;;;/m1......./s1. The Morgan fingerprint density at radius 1 is 0.578 bits per heavy atom. The average Bonchev–Trinajstić information content (AvgIpc) is 3.23. The smallest absolute Gasteiger partial charge is 0.335 e. The molecule has 0 radical (unpaired) electrons. The summed E-state index contributed by atoms with van der Waals surface area (Å²) in [5, 5.41) is 18.4. The van der Waals surface area contributed by atoms with Crippen LogP contribution in [0.15, 0.2) is 82.8 Å². The third-order valence-corrected chi connectivity index (χ3v) is 11.5. The Morgan fingerprint density at radius 3 is 1.22 bits per heavy atom. The molecule has 2 saturated heterocycles. The lowest BCUT2D eigenvalue weighted by Crippen LogP contribution is -2.41. The molecule has 2 N–H and O–H groups in total. The molecular weight excluding hydrogens is 949 g/mol. The van der Waals surface area contributed by atoms with Crippen molar-refractivity contribution < 1.29 is 38.7 Å². The fourth-order valence-corrected chi connectivity index (χ4v) is 8.63. The van der Waals surface area contributed by atoms with Crippen molar-refractivity contribution in [2.75, 3.05) is 67.7 Å². The van der Waals surface area contributed by atoms with Gasteiger partial charge in [0, 0.05) is 47.2 Å². The maximum absolute atomic E-state index is 11.2. The van der Waals surface area contributed by atoms with Gasteiger partial charge in [0.25, 0.3) is 0 Å². The number of ether oxygens (including phenoxy) is 4. The molecule has 2 fully saturated rings. The summed E-state index contributed by atoms with van der Waals surface area (Å²) in [5.41, 5.74) is 8.66. The molecule has 0 spiro atoms. The summed E-state index contributed by atoms with van der Waals surface area (Å²) in [6, 6.07) is 22.5. The number of nitrogens with zero attached hydrogens (tertiary/aromatic N) is 4. The highest BCUT2D eigenvalue weighted by Gasteiger charge is 2.38. The molecule has 4 aliphatic rings. The Hall–Kier alpha value is -3.98. The summed E-state index contributed by atoms with van der Waals surface area (Å²) in [5.74, 6) is 1.62. The number of likely N-dealkylation sites (tertiary alicyclic amines) is 2. The van der Waals surface area contributed by atoms with Crippen LogP contribution in [-0.4, -0.2) is 123 Å². The molecule has 8 rings (SSSR count). The summed E-state index contributed by atoms with van der Waals surface area (Å²) < 4.78 is 22.9. The predicted octanol–water partition coefficient (Wildman–Crippen LogP) is 9.39. The number of carboxylic acid groups (broad SMARTS) is 2. The van der Waals surface area contributed by atoms with E-state index < -0.39 is 11.9 Å². The molecule has 4 heterocycles. The molecule has 18 heteroatoms. The van der Waals surface area contributed by atoms with Gasteiger partial charge >= 0.3 is 11.9 Å². The number of hydrogen-bond donors (Lipinski definition) is 2. The van der Waals surface area contributed by atoms with Crippen molar-refractivity contribution in [3.05, 3.63) is 117 Å². The van der Waals surface area contributed by atoms with Crippen LogP contribution in [0.2, 0.25) is 0 Å². The second kappa shape index (κ2) is 25.6. The fraction of sp³-hybridized carbons (Fsp3) is 0.391. The second-order valence-electron chi connectivity index (χ2n) is 15.2. The van der Waals surface area contributed by atoms with Gasteiger partial charge in [0.05, 0.1) is 62.1 Å². The van der Waals surface area contributed by atoms with Crippen LogP contribution in [0.5, 0.6) is 23.0 Å². The topological polar surface area (TPSA) is 143 Å². The van der Waals surface area contributed by atoms with Gasteiger partial charge < -0.3 is 39.0 Å².